The second kappa shape index (κ2) is 17.6. The smallest absolute Gasteiger partial charge is 0.253 e. The molecule has 43 heavy (non-hydrogen) atoms. The molecule has 0 aliphatic carbocycles. The number of rotatable bonds is 10. The third-order valence-electron chi connectivity index (χ3n) is 7.87. The molecule has 0 spiro atoms. The van der Waals surface area contributed by atoms with E-state index in [9.17, 15) is 9.59 Å². The van der Waals surface area contributed by atoms with Gasteiger partial charge in [0.05, 0.1) is 15.5 Å². The number of hydrogen-bond donors (Lipinski definition) is 1. The number of likely N-dealkylation sites (tertiary alicyclic amines) is 1. The van der Waals surface area contributed by atoms with Crippen LogP contribution >= 0.6 is 35.6 Å². The molecule has 1 heterocycles. The van der Waals surface area contributed by atoms with E-state index in [0.29, 0.717) is 22.2 Å². The molecular formula is C32H43Cl3N4O4. The Morgan fingerprint density at radius 3 is 2.02 bits per heavy atom. The number of nitrogens with zero attached hydrogens (tertiary/aromatic N) is 3. The van der Waals surface area contributed by atoms with Crippen LogP contribution in [0.3, 0.4) is 0 Å². The molecule has 1 aliphatic heterocycles. The summed E-state index contributed by atoms with van der Waals surface area (Å²) in [4.78, 5) is 30.7. The summed E-state index contributed by atoms with van der Waals surface area (Å²) in [5.41, 5.74) is 5.23. The summed E-state index contributed by atoms with van der Waals surface area (Å²) in [6, 6.07) is 25.2. The van der Waals surface area contributed by atoms with Crippen LogP contribution in [0.25, 0.3) is 0 Å². The fourth-order valence-electron chi connectivity index (χ4n) is 5.56. The first-order valence-electron chi connectivity index (χ1n) is 13.7. The van der Waals surface area contributed by atoms with Crippen molar-refractivity contribution in [2.45, 2.75) is 30.6 Å². The van der Waals surface area contributed by atoms with Crippen LogP contribution in [-0.4, -0.2) is 84.9 Å². The normalized spacial score (nSPS) is 14.8. The second-order valence-electron chi connectivity index (χ2n) is 10.8. The number of hydrazine groups is 1. The van der Waals surface area contributed by atoms with Crippen LogP contribution < -0.4 is 5.43 Å². The number of likely N-dealkylation sites (N-methyl/N-ethyl adjacent to an activating group) is 1. The lowest BCUT2D eigenvalue weighted by Gasteiger charge is -2.42. The van der Waals surface area contributed by atoms with E-state index in [1.54, 1.807) is 9.91 Å². The van der Waals surface area contributed by atoms with Crippen LogP contribution in [0.4, 0.5) is 0 Å². The number of hydrogen-bond acceptors (Lipinski definition) is 4. The van der Waals surface area contributed by atoms with Gasteiger partial charge in [-0.05, 0) is 74.3 Å². The number of halogens is 3. The van der Waals surface area contributed by atoms with Crippen molar-refractivity contribution in [1.29, 1.82) is 0 Å². The Balaban J connectivity index is 0.00000308. The van der Waals surface area contributed by atoms with E-state index in [0.717, 1.165) is 50.0 Å². The molecule has 2 amide bonds. The van der Waals surface area contributed by atoms with Crippen molar-refractivity contribution < 1.29 is 20.5 Å². The summed E-state index contributed by atoms with van der Waals surface area (Å²) in [6.45, 7) is 3.02. The Bertz CT molecular complexity index is 1290. The lowest BCUT2D eigenvalue weighted by molar-refractivity contribution is -0.132. The number of carbonyl (C=O) groups excluding carboxylic acids is 2. The number of nitrogens with one attached hydrogen (secondary N) is 1. The summed E-state index contributed by atoms with van der Waals surface area (Å²) in [7, 11) is 5.53. The molecule has 1 saturated heterocycles. The van der Waals surface area contributed by atoms with Gasteiger partial charge in [-0.25, -0.2) is 5.01 Å². The molecule has 1 atom stereocenters. The number of carbonyl (C=O) groups is 2. The third kappa shape index (κ3) is 9.65. The molecule has 0 saturated carbocycles. The predicted molar refractivity (Wildman–Crippen MR) is 177 cm³/mol. The van der Waals surface area contributed by atoms with Gasteiger partial charge in [0.15, 0.2) is 0 Å². The van der Waals surface area contributed by atoms with Crippen molar-refractivity contribution in [3.8, 4) is 0 Å². The zero-order valence-electron chi connectivity index (χ0n) is 24.9. The van der Waals surface area contributed by atoms with Crippen molar-refractivity contribution in [3.63, 3.8) is 0 Å². The second-order valence-corrected chi connectivity index (χ2v) is 11.7. The zero-order valence-corrected chi connectivity index (χ0v) is 27.2. The zero-order chi connectivity index (χ0) is 28.7. The number of benzene rings is 3. The minimum atomic E-state index is -0.562. The Hall–Kier alpha value is -2.69. The van der Waals surface area contributed by atoms with Gasteiger partial charge in [0.2, 0.25) is 5.91 Å². The van der Waals surface area contributed by atoms with E-state index >= 15 is 0 Å². The van der Waals surface area contributed by atoms with Crippen LogP contribution in [0, 0.1) is 0 Å². The maximum atomic E-state index is 13.4. The first kappa shape index (κ1) is 38.3. The van der Waals surface area contributed by atoms with Gasteiger partial charge in [-0.15, -0.1) is 12.4 Å². The van der Waals surface area contributed by atoms with Crippen molar-refractivity contribution in [1.82, 2.24) is 20.2 Å². The summed E-state index contributed by atoms with van der Waals surface area (Å²) in [5, 5.41) is 2.75. The highest BCUT2D eigenvalue weighted by molar-refractivity contribution is 6.42. The van der Waals surface area contributed by atoms with Crippen LogP contribution in [0.15, 0.2) is 78.9 Å². The standard InChI is InChI=1S/C32H38Cl2N4O2.ClH.2H2O/c1-36(2)35-31(40)32(27-12-8-5-9-13-27)17-20-38(21-18-32)19-16-26(25-14-15-28(33)29(34)22-25)23-37(3)30(39)24-10-6-4-7-11-24;;;/h4-15,22,26H,16-21,23H2,1-3H3,(H,35,40);1H;2*1H2. The highest BCUT2D eigenvalue weighted by atomic mass is 35.5. The van der Waals surface area contributed by atoms with Crippen molar-refractivity contribution in [2.75, 3.05) is 47.3 Å². The van der Waals surface area contributed by atoms with Gasteiger partial charge in [-0.2, -0.15) is 0 Å². The third-order valence-corrected chi connectivity index (χ3v) is 8.61. The Labute approximate surface area is 270 Å². The maximum absolute atomic E-state index is 13.4. The molecule has 0 radical (unpaired) electrons. The molecule has 1 fully saturated rings. The van der Waals surface area contributed by atoms with Gasteiger partial charge < -0.3 is 20.8 Å². The fourth-order valence-corrected chi connectivity index (χ4v) is 5.86. The quantitative estimate of drug-likeness (QED) is 0.321. The van der Waals surface area contributed by atoms with Gasteiger partial charge in [-0.3, -0.25) is 15.0 Å². The van der Waals surface area contributed by atoms with Crippen LogP contribution in [0.1, 0.15) is 46.7 Å². The summed E-state index contributed by atoms with van der Waals surface area (Å²) in [6.07, 6.45) is 2.31. The molecule has 11 heteroatoms. The highest BCUT2D eigenvalue weighted by Gasteiger charge is 2.43. The van der Waals surface area contributed by atoms with E-state index in [4.69, 9.17) is 23.2 Å². The molecule has 236 valence electrons. The average molecular weight is 654 g/mol. The van der Waals surface area contributed by atoms with E-state index in [1.165, 1.54) is 0 Å². The van der Waals surface area contributed by atoms with Crippen LogP contribution in [0.5, 0.6) is 0 Å². The van der Waals surface area contributed by atoms with Gasteiger partial charge in [0.25, 0.3) is 5.91 Å². The first-order chi connectivity index (χ1) is 19.2. The van der Waals surface area contributed by atoms with E-state index in [1.807, 2.05) is 87.9 Å². The molecule has 0 aromatic heterocycles. The lowest BCUT2D eigenvalue weighted by atomic mass is 9.72. The van der Waals surface area contributed by atoms with E-state index in [2.05, 4.69) is 22.5 Å². The van der Waals surface area contributed by atoms with Crippen molar-refractivity contribution in [3.05, 3.63) is 106 Å². The summed E-state index contributed by atoms with van der Waals surface area (Å²) >= 11 is 12.6. The molecule has 3 aromatic rings. The van der Waals surface area contributed by atoms with Crippen molar-refractivity contribution >= 4 is 47.4 Å². The average Bonchev–Trinajstić information content (AvgIpc) is 2.97. The molecule has 8 nitrogen and oxygen atoms in total. The topological polar surface area (TPSA) is 119 Å². The summed E-state index contributed by atoms with van der Waals surface area (Å²) < 4.78 is 0. The van der Waals surface area contributed by atoms with Gasteiger partial charge in [-0.1, -0.05) is 77.8 Å². The predicted octanol–water partition coefficient (Wildman–Crippen LogP) is 4.64. The van der Waals surface area contributed by atoms with Crippen molar-refractivity contribution in [2.24, 2.45) is 0 Å². The number of piperidine rings is 1. The molecule has 1 unspecified atom stereocenters. The molecule has 1 aliphatic rings. The molecule has 3 aromatic carbocycles. The van der Waals surface area contributed by atoms with Gasteiger partial charge >= 0.3 is 0 Å². The first-order valence-corrected chi connectivity index (χ1v) is 14.5. The Morgan fingerprint density at radius 1 is 0.884 bits per heavy atom. The van der Waals surface area contributed by atoms with Gasteiger partial charge in [0, 0.05) is 39.2 Å². The SMILES string of the molecule is CN(C)NC(=O)C1(c2ccccc2)CCN(CCC(CN(C)C(=O)c2ccccc2)c2ccc(Cl)c(Cl)c2)CC1.Cl.O.O. The molecule has 0 bridgehead atoms. The Kier molecular flexibility index (Phi) is 15.7. The van der Waals surface area contributed by atoms with E-state index < -0.39 is 5.41 Å². The largest absolute Gasteiger partial charge is 0.412 e. The van der Waals surface area contributed by atoms with Crippen LogP contribution in [-0.2, 0) is 10.2 Å². The Morgan fingerprint density at radius 2 is 1.47 bits per heavy atom. The summed E-state index contributed by atoms with van der Waals surface area (Å²) in [5.74, 6) is 0.103. The maximum Gasteiger partial charge on any atom is 0.253 e. The minimum Gasteiger partial charge on any atom is -0.412 e. The van der Waals surface area contributed by atoms with E-state index in [-0.39, 0.29) is 41.1 Å². The minimum absolute atomic E-state index is 0. The number of amides is 2. The molecule has 5 N–H and O–H groups in total. The molecule has 4 rings (SSSR count). The van der Waals surface area contributed by atoms with Crippen LogP contribution in [0.2, 0.25) is 10.0 Å². The fraction of sp³-hybridized carbons (Fsp3) is 0.375. The monoisotopic (exact) mass is 652 g/mol. The van der Waals surface area contributed by atoms with Gasteiger partial charge in [0.1, 0.15) is 0 Å². The lowest BCUT2D eigenvalue weighted by Crippen LogP contribution is -2.54. The highest BCUT2D eigenvalue weighted by Crippen LogP contribution is 2.37. The molecular weight excluding hydrogens is 611 g/mol.